The van der Waals surface area contributed by atoms with Crippen molar-refractivity contribution >= 4 is 23.6 Å². The average molecular weight is 476 g/mol. The summed E-state index contributed by atoms with van der Waals surface area (Å²) in [5.41, 5.74) is 6.59. The topological polar surface area (TPSA) is 32.7 Å². The van der Waals surface area contributed by atoms with Crippen molar-refractivity contribution in [1.29, 1.82) is 0 Å². The zero-order valence-corrected chi connectivity index (χ0v) is 21.0. The van der Waals surface area contributed by atoms with E-state index in [0.29, 0.717) is 11.5 Å². The standard InChI is InChI=1S/C33H33NO2/c1-4-10-29-11-8-9-14-33(29)25(2)36-32-22-28(21-31(35)23-32)20-17-26-15-18-27(19-16-26)24-34(3)30-12-6-5-7-13-30/h5-9,11-23,35H,2,4,10,24H2,1,3H3/b20-17+. The highest BCUT2D eigenvalue weighted by molar-refractivity contribution is 5.72. The van der Waals surface area contributed by atoms with Crippen molar-refractivity contribution < 1.29 is 9.84 Å². The molecule has 182 valence electrons. The number of para-hydroxylation sites is 1. The first-order valence-corrected chi connectivity index (χ1v) is 12.3. The van der Waals surface area contributed by atoms with Gasteiger partial charge in [-0.1, -0.05) is 98.8 Å². The van der Waals surface area contributed by atoms with Gasteiger partial charge in [-0.25, -0.2) is 0 Å². The number of phenolic OH excluding ortho intramolecular Hbond substituents is 1. The molecule has 0 aliphatic rings. The first kappa shape index (κ1) is 24.9. The molecule has 0 saturated carbocycles. The molecule has 0 aliphatic heterocycles. The SMILES string of the molecule is C=C(Oc1cc(O)cc(/C=C/c2ccc(CN(C)c3ccccc3)cc2)c1)c1ccccc1CCC. The Morgan fingerprint density at radius 3 is 2.31 bits per heavy atom. The molecule has 0 fully saturated rings. The van der Waals surface area contributed by atoms with E-state index in [2.05, 4.69) is 80.0 Å². The lowest BCUT2D eigenvalue weighted by Gasteiger charge is -2.19. The molecule has 3 heteroatoms. The van der Waals surface area contributed by atoms with Gasteiger partial charge in [-0.2, -0.15) is 0 Å². The first-order valence-electron chi connectivity index (χ1n) is 12.3. The van der Waals surface area contributed by atoms with Crippen molar-refractivity contribution in [2.75, 3.05) is 11.9 Å². The van der Waals surface area contributed by atoms with Gasteiger partial charge < -0.3 is 14.7 Å². The van der Waals surface area contributed by atoms with E-state index in [4.69, 9.17) is 4.74 Å². The highest BCUT2D eigenvalue weighted by atomic mass is 16.5. The molecule has 4 aromatic carbocycles. The molecule has 0 spiro atoms. The zero-order valence-electron chi connectivity index (χ0n) is 21.0. The Labute approximate surface area is 214 Å². The van der Waals surface area contributed by atoms with Crippen LogP contribution in [0.15, 0.2) is 104 Å². The predicted molar refractivity (Wildman–Crippen MR) is 152 cm³/mol. The lowest BCUT2D eigenvalue weighted by molar-refractivity contribution is 0.464. The van der Waals surface area contributed by atoms with Crippen LogP contribution in [0.1, 0.15) is 41.2 Å². The van der Waals surface area contributed by atoms with Gasteiger partial charge in [0.2, 0.25) is 0 Å². The third-order valence-electron chi connectivity index (χ3n) is 6.06. The Bertz CT molecular complexity index is 1320. The van der Waals surface area contributed by atoms with Crippen LogP contribution in [0.2, 0.25) is 0 Å². The predicted octanol–water partition coefficient (Wildman–Crippen LogP) is 8.20. The quantitative estimate of drug-likeness (QED) is 0.185. The van der Waals surface area contributed by atoms with E-state index in [0.717, 1.165) is 36.1 Å². The second-order valence-electron chi connectivity index (χ2n) is 8.96. The number of phenols is 1. The minimum absolute atomic E-state index is 0.154. The van der Waals surface area contributed by atoms with E-state index in [1.165, 1.54) is 16.8 Å². The number of aromatic hydroxyl groups is 1. The monoisotopic (exact) mass is 475 g/mol. The molecule has 0 amide bonds. The molecule has 4 rings (SSSR count). The molecule has 36 heavy (non-hydrogen) atoms. The average Bonchev–Trinajstić information content (AvgIpc) is 2.89. The molecule has 3 nitrogen and oxygen atoms in total. The third-order valence-corrected chi connectivity index (χ3v) is 6.06. The molecular formula is C33H33NO2. The molecular weight excluding hydrogens is 442 g/mol. The Morgan fingerprint density at radius 2 is 1.56 bits per heavy atom. The number of hydrogen-bond donors (Lipinski definition) is 1. The fourth-order valence-corrected chi connectivity index (χ4v) is 4.21. The molecule has 0 atom stereocenters. The summed E-state index contributed by atoms with van der Waals surface area (Å²) < 4.78 is 6.06. The summed E-state index contributed by atoms with van der Waals surface area (Å²) in [5.74, 6) is 1.29. The number of rotatable bonds is 10. The zero-order chi connectivity index (χ0) is 25.3. The summed E-state index contributed by atoms with van der Waals surface area (Å²) in [6.45, 7) is 7.14. The number of nitrogens with zero attached hydrogens (tertiary/aromatic N) is 1. The molecule has 0 unspecified atom stereocenters. The van der Waals surface area contributed by atoms with Crippen molar-refractivity contribution in [1.82, 2.24) is 0 Å². The molecule has 0 heterocycles. The maximum absolute atomic E-state index is 10.3. The molecule has 0 saturated heterocycles. The fourth-order valence-electron chi connectivity index (χ4n) is 4.21. The van der Waals surface area contributed by atoms with Crippen LogP contribution >= 0.6 is 0 Å². The summed E-state index contributed by atoms with van der Waals surface area (Å²) in [4.78, 5) is 2.23. The third kappa shape index (κ3) is 6.67. The van der Waals surface area contributed by atoms with Crippen LogP contribution in [0, 0.1) is 0 Å². The van der Waals surface area contributed by atoms with Crippen LogP contribution in [0.5, 0.6) is 11.5 Å². The molecule has 0 aliphatic carbocycles. The summed E-state index contributed by atoms with van der Waals surface area (Å²) in [6, 6.07) is 32.3. The van der Waals surface area contributed by atoms with Gasteiger partial charge in [0.15, 0.2) is 0 Å². The van der Waals surface area contributed by atoms with E-state index in [-0.39, 0.29) is 5.75 Å². The molecule has 0 radical (unpaired) electrons. The molecule has 0 bridgehead atoms. The minimum atomic E-state index is 0.154. The van der Waals surface area contributed by atoms with E-state index in [1.807, 2.05) is 42.5 Å². The fraction of sp³-hybridized carbons (Fsp3) is 0.152. The van der Waals surface area contributed by atoms with Gasteiger partial charge in [-0.3, -0.25) is 0 Å². The van der Waals surface area contributed by atoms with Crippen molar-refractivity contribution in [2.45, 2.75) is 26.3 Å². The van der Waals surface area contributed by atoms with Gasteiger partial charge in [0.05, 0.1) is 0 Å². The highest BCUT2D eigenvalue weighted by Gasteiger charge is 2.09. The van der Waals surface area contributed by atoms with E-state index >= 15 is 0 Å². The van der Waals surface area contributed by atoms with Crippen LogP contribution < -0.4 is 9.64 Å². The van der Waals surface area contributed by atoms with Gasteiger partial charge in [-0.15, -0.1) is 0 Å². The van der Waals surface area contributed by atoms with Crippen LogP contribution in [0.3, 0.4) is 0 Å². The van der Waals surface area contributed by atoms with Crippen molar-refractivity contribution in [2.24, 2.45) is 0 Å². The normalized spacial score (nSPS) is 10.9. The smallest absolute Gasteiger partial charge is 0.131 e. The van der Waals surface area contributed by atoms with Gasteiger partial charge >= 0.3 is 0 Å². The van der Waals surface area contributed by atoms with Crippen molar-refractivity contribution in [3.63, 3.8) is 0 Å². The summed E-state index contributed by atoms with van der Waals surface area (Å²) in [5, 5.41) is 10.3. The lowest BCUT2D eigenvalue weighted by Crippen LogP contribution is -2.15. The van der Waals surface area contributed by atoms with Gasteiger partial charge in [0.1, 0.15) is 17.3 Å². The Morgan fingerprint density at radius 1 is 0.861 bits per heavy atom. The number of ether oxygens (including phenoxy) is 1. The number of benzene rings is 4. The maximum Gasteiger partial charge on any atom is 0.131 e. The Kier molecular flexibility index (Phi) is 8.25. The summed E-state index contributed by atoms with van der Waals surface area (Å²) in [7, 11) is 2.10. The maximum atomic E-state index is 10.3. The molecule has 1 N–H and O–H groups in total. The van der Waals surface area contributed by atoms with E-state index in [9.17, 15) is 5.11 Å². The van der Waals surface area contributed by atoms with Gasteiger partial charge in [-0.05, 0) is 52.9 Å². The summed E-state index contributed by atoms with van der Waals surface area (Å²) in [6.07, 6.45) is 6.03. The Balaban J connectivity index is 1.43. The minimum Gasteiger partial charge on any atom is -0.508 e. The second kappa shape index (κ2) is 11.9. The van der Waals surface area contributed by atoms with Gasteiger partial charge in [0, 0.05) is 30.9 Å². The number of anilines is 1. The summed E-state index contributed by atoms with van der Waals surface area (Å²) >= 11 is 0. The lowest BCUT2D eigenvalue weighted by atomic mass is 10.0. The largest absolute Gasteiger partial charge is 0.508 e. The van der Waals surface area contributed by atoms with Crippen LogP contribution in [-0.2, 0) is 13.0 Å². The van der Waals surface area contributed by atoms with Gasteiger partial charge in [0.25, 0.3) is 0 Å². The van der Waals surface area contributed by atoms with Crippen LogP contribution in [0.25, 0.3) is 17.9 Å². The number of aryl methyl sites for hydroxylation is 1. The van der Waals surface area contributed by atoms with Crippen molar-refractivity contribution in [3.8, 4) is 11.5 Å². The second-order valence-corrected chi connectivity index (χ2v) is 8.96. The molecule has 0 aromatic heterocycles. The van der Waals surface area contributed by atoms with Crippen LogP contribution in [-0.4, -0.2) is 12.2 Å². The number of hydrogen-bond acceptors (Lipinski definition) is 3. The van der Waals surface area contributed by atoms with E-state index in [1.54, 1.807) is 12.1 Å². The van der Waals surface area contributed by atoms with Crippen LogP contribution in [0.4, 0.5) is 5.69 Å². The highest BCUT2D eigenvalue weighted by Crippen LogP contribution is 2.28. The first-order chi connectivity index (χ1) is 17.5. The molecule has 4 aromatic rings. The van der Waals surface area contributed by atoms with Crippen molar-refractivity contribution in [3.05, 3.63) is 131 Å². The van der Waals surface area contributed by atoms with E-state index < -0.39 is 0 Å². The Hall–Kier alpha value is -4.24.